The number of ether oxygens (including phenoxy) is 3. The third kappa shape index (κ3) is 4.69. The van der Waals surface area contributed by atoms with Gasteiger partial charge in [-0.15, -0.1) is 0 Å². The minimum Gasteiger partial charge on any atom is -0.493 e. The van der Waals surface area contributed by atoms with Crippen molar-refractivity contribution in [3.8, 4) is 28.1 Å². The molecule has 0 aliphatic carbocycles. The Balaban J connectivity index is 1.85. The van der Waals surface area contributed by atoms with Crippen LogP contribution in [0.4, 0.5) is 5.69 Å². The number of nitrogens with one attached hydrogen (secondary N) is 1. The normalized spacial score (nSPS) is 14.2. The van der Waals surface area contributed by atoms with E-state index in [2.05, 4.69) is 35.3 Å². The number of H-pyrrole nitrogens is 1. The van der Waals surface area contributed by atoms with Crippen LogP contribution in [0, 0.1) is 6.92 Å². The summed E-state index contributed by atoms with van der Waals surface area (Å²) in [6.07, 6.45) is 0.963. The van der Waals surface area contributed by atoms with E-state index in [-0.39, 0.29) is 0 Å². The van der Waals surface area contributed by atoms with E-state index in [9.17, 15) is 4.79 Å². The van der Waals surface area contributed by atoms with Crippen LogP contribution in [0.3, 0.4) is 0 Å². The standard InChI is InChI=1S/C31H34N2O4/c1-18-25(29(30(34)35-5)37-31(2,3)4)26(21-13-14-24-20(16-21)12-9-15-36-24)22-17-23(33-28(22)27(18)32)19-10-7-6-8-11-19/h6-8,10-11,13-14,16-17,29,33H,9,12,15,32H2,1-5H3. The lowest BCUT2D eigenvalue weighted by Gasteiger charge is -2.30. The van der Waals surface area contributed by atoms with Gasteiger partial charge in [0.15, 0.2) is 6.10 Å². The Morgan fingerprint density at radius 2 is 1.84 bits per heavy atom. The summed E-state index contributed by atoms with van der Waals surface area (Å²) < 4.78 is 17.5. The molecule has 1 unspecified atom stereocenters. The van der Waals surface area contributed by atoms with Crippen molar-refractivity contribution in [3.05, 3.63) is 71.3 Å². The maximum absolute atomic E-state index is 13.2. The van der Waals surface area contributed by atoms with Gasteiger partial charge in [-0.05, 0) is 86.6 Å². The third-order valence-corrected chi connectivity index (χ3v) is 6.86. The van der Waals surface area contributed by atoms with Gasteiger partial charge in [-0.25, -0.2) is 4.79 Å². The summed E-state index contributed by atoms with van der Waals surface area (Å²) in [4.78, 5) is 16.8. The van der Waals surface area contributed by atoms with Crippen LogP contribution in [-0.2, 0) is 20.7 Å². The number of nitrogen functional groups attached to an aromatic ring is 1. The molecular weight excluding hydrogens is 464 g/mol. The van der Waals surface area contributed by atoms with Crippen LogP contribution in [0.2, 0.25) is 0 Å². The van der Waals surface area contributed by atoms with Gasteiger partial charge in [0.25, 0.3) is 0 Å². The Hall–Kier alpha value is -3.77. The predicted molar refractivity (Wildman–Crippen MR) is 148 cm³/mol. The lowest BCUT2D eigenvalue weighted by Crippen LogP contribution is -2.29. The summed E-state index contributed by atoms with van der Waals surface area (Å²) in [5.74, 6) is 0.451. The van der Waals surface area contributed by atoms with Crippen LogP contribution >= 0.6 is 0 Å². The Bertz CT molecular complexity index is 1460. The molecule has 0 fully saturated rings. The second-order valence-electron chi connectivity index (χ2n) is 10.6. The van der Waals surface area contributed by atoms with Crippen molar-refractivity contribution in [3.63, 3.8) is 0 Å². The van der Waals surface area contributed by atoms with Gasteiger partial charge < -0.3 is 24.9 Å². The van der Waals surface area contributed by atoms with Crippen molar-refractivity contribution >= 4 is 22.6 Å². The van der Waals surface area contributed by atoms with Gasteiger partial charge >= 0.3 is 5.97 Å². The first-order valence-electron chi connectivity index (χ1n) is 12.7. The number of carbonyl (C=O) groups excluding carboxylic acids is 1. The van der Waals surface area contributed by atoms with E-state index in [1.165, 1.54) is 7.11 Å². The number of methoxy groups -OCH3 is 1. The van der Waals surface area contributed by atoms with E-state index in [4.69, 9.17) is 19.9 Å². The molecule has 0 bridgehead atoms. The molecule has 1 aromatic heterocycles. The molecule has 5 rings (SSSR count). The molecule has 6 heteroatoms. The van der Waals surface area contributed by atoms with Crippen molar-refractivity contribution in [1.29, 1.82) is 0 Å². The summed E-state index contributed by atoms with van der Waals surface area (Å²) in [6.45, 7) is 8.46. The number of nitrogens with two attached hydrogens (primary N) is 1. The highest BCUT2D eigenvalue weighted by Gasteiger charge is 2.34. The van der Waals surface area contributed by atoms with E-state index in [1.807, 2.05) is 52.0 Å². The molecule has 1 atom stereocenters. The molecule has 3 aromatic carbocycles. The van der Waals surface area contributed by atoms with Crippen molar-refractivity contribution < 1.29 is 19.0 Å². The maximum atomic E-state index is 13.2. The Morgan fingerprint density at radius 1 is 1.08 bits per heavy atom. The molecule has 3 N–H and O–H groups in total. The van der Waals surface area contributed by atoms with Crippen LogP contribution in [0.25, 0.3) is 33.3 Å². The molecule has 1 aliphatic heterocycles. The van der Waals surface area contributed by atoms with Gasteiger partial charge in [0.2, 0.25) is 0 Å². The average Bonchev–Trinajstić information content (AvgIpc) is 3.34. The molecule has 0 saturated carbocycles. The number of rotatable bonds is 5. The number of aromatic nitrogens is 1. The fraction of sp³-hybridized carbons (Fsp3) is 0.323. The zero-order valence-electron chi connectivity index (χ0n) is 22.1. The van der Waals surface area contributed by atoms with Crippen molar-refractivity contribution in [2.75, 3.05) is 19.5 Å². The van der Waals surface area contributed by atoms with Crippen LogP contribution in [0.15, 0.2) is 54.6 Å². The maximum Gasteiger partial charge on any atom is 0.339 e. The summed E-state index contributed by atoms with van der Waals surface area (Å²) in [5, 5.41) is 0.931. The largest absolute Gasteiger partial charge is 0.493 e. The van der Waals surface area contributed by atoms with Crippen LogP contribution in [-0.4, -0.2) is 30.3 Å². The summed E-state index contributed by atoms with van der Waals surface area (Å²) >= 11 is 0. The van der Waals surface area contributed by atoms with Crippen LogP contribution in [0.5, 0.6) is 5.75 Å². The Morgan fingerprint density at radius 3 is 2.54 bits per heavy atom. The van der Waals surface area contributed by atoms with Crippen LogP contribution in [0.1, 0.15) is 50.0 Å². The SMILES string of the molecule is COC(=O)C(OC(C)(C)C)c1c(C)c(N)c2[nH]c(-c3ccccc3)cc2c1-c1ccc2c(c1)CCCO2. The lowest BCUT2D eigenvalue weighted by molar-refractivity contribution is -0.164. The quantitative estimate of drug-likeness (QED) is 0.235. The van der Waals surface area contributed by atoms with Gasteiger partial charge in [0.1, 0.15) is 5.75 Å². The monoisotopic (exact) mass is 498 g/mol. The van der Waals surface area contributed by atoms with Crippen LogP contribution < -0.4 is 10.5 Å². The lowest BCUT2D eigenvalue weighted by atomic mass is 9.86. The molecule has 1 aliphatic rings. The number of anilines is 1. The molecule has 37 heavy (non-hydrogen) atoms. The van der Waals surface area contributed by atoms with E-state index in [1.54, 1.807) is 0 Å². The van der Waals surface area contributed by atoms with Gasteiger partial charge in [-0.1, -0.05) is 36.4 Å². The summed E-state index contributed by atoms with van der Waals surface area (Å²) in [6, 6.07) is 18.5. The predicted octanol–water partition coefficient (Wildman–Crippen LogP) is 6.75. The number of aryl methyl sites for hydroxylation is 1. The molecule has 192 valence electrons. The first kappa shape index (κ1) is 24.9. The number of aromatic amines is 1. The van der Waals surface area contributed by atoms with E-state index in [0.717, 1.165) is 75.2 Å². The summed E-state index contributed by atoms with van der Waals surface area (Å²) in [7, 11) is 1.39. The minimum absolute atomic E-state index is 0.460. The Labute approximate surface area is 217 Å². The number of benzene rings is 3. The van der Waals surface area contributed by atoms with Gasteiger partial charge in [-0.3, -0.25) is 0 Å². The zero-order valence-corrected chi connectivity index (χ0v) is 22.1. The second-order valence-corrected chi connectivity index (χ2v) is 10.6. The van der Waals surface area contributed by atoms with E-state index in [0.29, 0.717) is 5.69 Å². The fourth-order valence-electron chi connectivity index (χ4n) is 5.14. The van der Waals surface area contributed by atoms with E-state index < -0.39 is 17.7 Å². The first-order chi connectivity index (χ1) is 17.7. The molecule has 6 nitrogen and oxygen atoms in total. The van der Waals surface area contributed by atoms with Crippen molar-refractivity contribution in [2.24, 2.45) is 0 Å². The molecule has 0 radical (unpaired) electrons. The zero-order chi connectivity index (χ0) is 26.3. The van der Waals surface area contributed by atoms with E-state index >= 15 is 0 Å². The highest BCUT2D eigenvalue weighted by Crippen LogP contribution is 2.46. The summed E-state index contributed by atoms with van der Waals surface area (Å²) in [5.41, 5.74) is 14.1. The molecule has 0 saturated heterocycles. The molecule has 0 amide bonds. The van der Waals surface area contributed by atoms with Crippen molar-refractivity contribution in [2.45, 2.75) is 52.2 Å². The minimum atomic E-state index is -0.950. The highest BCUT2D eigenvalue weighted by molar-refractivity contribution is 6.07. The number of hydrogen-bond donors (Lipinski definition) is 2. The average molecular weight is 499 g/mol. The highest BCUT2D eigenvalue weighted by atomic mass is 16.6. The number of fused-ring (bicyclic) bond motifs is 2. The number of carbonyl (C=O) groups is 1. The molecule has 4 aromatic rings. The number of esters is 1. The number of hydrogen-bond acceptors (Lipinski definition) is 5. The molecule has 2 heterocycles. The molecular formula is C31H34N2O4. The topological polar surface area (TPSA) is 86.6 Å². The van der Waals surface area contributed by atoms with Gasteiger partial charge in [0, 0.05) is 16.6 Å². The van der Waals surface area contributed by atoms with Crippen molar-refractivity contribution in [1.82, 2.24) is 4.98 Å². The first-order valence-corrected chi connectivity index (χ1v) is 12.7. The third-order valence-electron chi connectivity index (χ3n) is 6.86. The van der Waals surface area contributed by atoms with Gasteiger partial charge in [-0.2, -0.15) is 0 Å². The smallest absolute Gasteiger partial charge is 0.339 e. The fourth-order valence-corrected chi connectivity index (χ4v) is 5.14. The van der Waals surface area contributed by atoms with Gasteiger partial charge in [0.05, 0.1) is 30.5 Å². The molecule has 0 spiro atoms. The second kappa shape index (κ2) is 9.60. The Kier molecular flexibility index (Phi) is 6.46.